The van der Waals surface area contributed by atoms with Gasteiger partial charge in [0.1, 0.15) is 0 Å². The van der Waals surface area contributed by atoms with Gasteiger partial charge >= 0.3 is 0 Å². The topological polar surface area (TPSA) is 81.2 Å². The maximum absolute atomic E-state index is 12.8. The number of benzene rings is 1. The summed E-state index contributed by atoms with van der Waals surface area (Å²) in [5, 5.41) is 9.00. The highest BCUT2D eigenvalue weighted by Crippen LogP contribution is 2.21. The summed E-state index contributed by atoms with van der Waals surface area (Å²) in [5.74, 6) is -0.0719. The lowest BCUT2D eigenvalue weighted by atomic mass is 10.2. The first kappa shape index (κ1) is 20.3. The number of aliphatic hydroxyl groups is 1. The van der Waals surface area contributed by atoms with E-state index in [1.54, 1.807) is 33.5 Å². The van der Waals surface area contributed by atoms with Crippen LogP contribution in [-0.4, -0.2) is 86.0 Å². The number of carbonyl (C=O) groups is 1. The molecule has 0 unspecified atom stereocenters. The number of hydrogen-bond donors (Lipinski definition) is 1. The largest absolute Gasteiger partial charge is 0.395 e. The van der Waals surface area contributed by atoms with Crippen LogP contribution < -0.4 is 0 Å². The van der Waals surface area contributed by atoms with Crippen LogP contribution in [0, 0.1) is 0 Å². The zero-order valence-corrected chi connectivity index (χ0v) is 16.5. The molecule has 2 heterocycles. The second-order valence-electron chi connectivity index (χ2n) is 7.20. The van der Waals surface area contributed by atoms with Crippen LogP contribution in [-0.2, 0) is 10.0 Å². The highest BCUT2D eigenvalue weighted by Gasteiger charge is 2.26. The van der Waals surface area contributed by atoms with Gasteiger partial charge in [0.15, 0.2) is 0 Å². The number of carbonyl (C=O) groups excluding carboxylic acids is 1. The van der Waals surface area contributed by atoms with Crippen molar-refractivity contribution < 1.29 is 18.3 Å². The van der Waals surface area contributed by atoms with Gasteiger partial charge in [0.05, 0.1) is 11.5 Å². The van der Waals surface area contributed by atoms with Gasteiger partial charge in [-0.15, -0.1) is 0 Å². The zero-order valence-electron chi connectivity index (χ0n) is 15.7. The Hall–Kier alpha value is -1.48. The van der Waals surface area contributed by atoms with E-state index in [9.17, 15) is 13.2 Å². The average molecular weight is 396 g/mol. The van der Waals surface area contributed by atoms with Gasteiger partial charge in [-0.3, -0.25) is 9.69 Å². The van der Waals surface area contributed by atoms with Gasteiger partial charge in [-0.25, -0.2) is 8.42 Å². The molecule has 150 valence electrons. The van der Waals surface area contributed by atoms with Gasteiger partial charge < -0.3 is 10.0 Å². The van der Waals surface area contributed by atoms with Crippen LogP contribution in [0.15, 0.2) is 29.2 Å². The predicted octanol–water partition coefficient (Wildman–Crippen LogP) is 1.00. The van der Waals surface area contributed by atoms with Gasteiger partial charge in [-0.2, -0.15) is 4.31 Å². The number of rotatable bonds is 5. The second kappa shape index (κ2) is 9.14. The summed E-state index contributed by atoms with van der Waals surface area (Å²) in [7, 11) is -3.49. The molecule has 0 radical (unpaired) electrons. The summed E-state index contributed by atoms with van der Waals surface area (Å²) in [6.07, 6.45) is 3.95. The van der Waals surface area contributed by atoms with Crippen LogP contribution in [0.1, 0.15) is 36.0 Å². The molecular weight excluding hydrogens is 366 g/mol. The van der Waals surface area contributed by atoms with Crippen molar-refractivity contribution in [3.05, 3.63) is 29.8 Å². The summed E-state index contributed by atoms with van der Waals surface area (Å²) >= 11 is 0. The van der Waals surface area contributed by atoms with E-state index in [1.165, 1.54) is 0 Å². The fourth-order valence-corrected chi connectivity index (χ4v) is 5.22. The quantitative estimate of drug-likeness (QED) is 0.805. The van der Waals surface area contributed by atoms with Crippen molar-refractivity contribution in [2.45, 2.75) is 30.6 Å². The molecule has 0 saturated carbocycles. The van der Waals surface area contributed by atoms with Crippen molar-refractivity contribution in [3.63, 3.8) is 0 Å². The van der Waals surface area contributed by atoms with E-state index >= 15 is 0 Å². The smallest absolute Gasteiger partial charge is 0.253 e. The molecule has 0 aromatic heterocycles. The highest BCUT2D eigenvalue weighted by molar-refractivity contribution is 7.89. The number of nitrogens with zero attached hydrogens (tertiary/aromatic N) is 3. The maximum Gasteiger partial charge on any atom is 0.253 e. The fraction of sp³-hybridized carbons (Fsp3) is 0.632. The summed E-state index contributed by atoms with van der Waals surface area (Å²) in [6.45, 7) is 4.62. The van der Waals surface area contributed by atoms with Crippen LogP contribution in [0.3, 0.4) is 0 Å². The number of piperazine rings is 1. The first-order valence-electron chi connectivity index (χ1n) is 9.75. The molecule has 2 aliphatic rings. The number of amides is 1. The molecule has 7 nitrogen and oxygen atoms in total. The third-order valence-electron chi connectivity index (χ3n) is 5.38. The van der Waals surface area contributed by atoms with Crippen molar-refractivity contribution in [3.8, 4) is 0 Å². The highest BCUT2D eigenvalue weighted by atomic mass is 32.2. The number of hydrogen-bond acceptors (Lipinski definition) is 5. The molecule has 8 heteroatoms. The van der Waals surface area contributed by atoms with E-state index in [4.69, 9.17) is 5.11 Å². The molecule has 0 aliphatic carbocycles. The molecule has 27 heavy (non-hydrogen) atoms. The van der Waals surface area contributed by atoms with Gasteiger partial charge in [-0.05, 0) is 37.1 Å². The lowest BCUT2D eigenvalue weighted by molar-refractivity contribution is 0.0615. The van der Waals surface area contributed by atoms with E-state index in [1.807, 2.05) is 0 Å². The van der Waals surface area contributed by atoms with Crippen molar-refractivity contribution >= 4 is 15.9 Å². The second-order valence-corrected chi connectivity index (χ2v) is 9.14. The van der Waals surface area contributed by atoms with Crippen LogP contribution in [0.5, 0.6) is 0 Å². The van der Waals surface area contributed by atoms with Gasteiger partial charge in [0, 0.05) is 51.4 Å². The van der Waals surface area contributed by atoms with Crippen molar-refractivity contribution in [2.75, 3.05) is 52.4 Å². The molecule has 1 amide bonds. The molecule has 0 atom stereocenters. The van der Waals surface area contributed by atoms with Crippen LogP contribution in [0.4, 0.5) is 0 Å². The summed E-state index contributed by atoms with van der Waals surface area (Å²) < 4.78 is 27.2. The summed E-state index contributed by atoms with van der Waals surface area (Å²) in [4.78, 5) is 16.8. The van der Waals surface area contributed by atoms with Crippen LogP contribution in [0.25, 0.3) is 0 Å². The molecule has 0 spiro atoms. The summed E-state index contributed by atoms with van der Waals surface area (Å²) in [5.41, 5.74) is 0.514. The van der Waals surface area contributed by atoms with Crippen LogP contribution >= 0.6 is 0 Å². The maximum atomic E-state index is 12.8. The van der Waals surface area contributed by atoms with E-state index < -0.39 is 10.0 Å². The van der Waals surface area contributed by atoms with Gasteiger partial charge in [-0.1, -0.05) is 12.8 Å². The first-order chi connectivity index (χ1) is 13.0. The predicted molar refractivity (Wildman–Crippen MR) is 103 cm³/mol. The normalized spacial score (nSPS) is 20.4. The Labute approximate surface area is 161 Å². The molecule has 1 aromatic carbocycles. The third kappa shape index (κ3) is 4.87. The number of sulfonamides is 1. The molecule has 1 N–H and O–H groups in total. The Morgan fingerprint density at radius 2 is 1.48 bits per heavy atom. The van der Waals surface area contributed by atoms with E-state index in [0.717, 1.165) is 38.8 Å². The Morgan fingerprint density at radius 3 is 2.04 bits per heavy atom. The van der Waals surface area contributed by atoms with Gasteiger partial charge in [0.25, 0.3) is 5.91 Å². The van der Waals surface area contributed by atoms with Crippen molar-refractivity contribution in [1.29, 1.82) is 0 Å². The fourth-order valence-electron chi connectivity index (χ4n) is 3.70. The van der Waals surface area contributed by atoms with Crippen molar-refractivity contribution in [1.82, 2.24) is 14.1 Å². The SMILES string of the molecule is O=C(c1ccc(S(=O)(=O)N2CCCCCC2)cc1)N1CCN(CCO)CC1. The molecule has 1 aromatic rings. The number of aliphatic hydroxyl groups excluding tert-OH is 1. The standard InChI is InChI=1S/C19H29N3O4S/c23-16-15-20-11-13-21(14-12-20)19(24)17-5-7-18(8-6-17)27(25,26)22-9-3-1-2-4-10-22/h5-8,23H,1-4,9-16H2. The minimum absolute atomic E-state index is 0.0719. The lowest BCUT2D eigenvalue weighted by Gasteiger charge is -2.34. The van der Waals surface area contributed by atoms with E-state index in [2.05, 4.69) is 4.90 Å². The monoisotopic (exact) mass is 395 g/mol. The minimum atomic E-state index is -3.49. The van der Waals surface area contributed by atoms with Crippen LogP contribution in [0.2, 0.25) is 0 Å². The molecule has 3 rings (SSSR count). The Bertz CT molecular complexity index is 720. The Kier molecular flexibility index (Phi) is 6.86. The Morgan fingerprint density at radius 1 is 0.889 bits per heavy atom. The molecule has 2 fully saturated rings. The zero-order chi connectivity index (χ0) is 19.3. The first-order valence-corrected chi connectivity index (χ1v) is 11.2. The Balaban J connectivity index is 1.65. The number of β-amino-alcohol motifs (C(OH)–C–C–N with tert-alkyl or cyclic N) is 1. The molecule has 2 aliphatic heterocycles. The molecule has 2 saturated heterocycles. The van der Waals surface area contributed by atoms with E-state index in [0.29, 0.717) is 38.3 Å². The lowest BCUT2D eigenvalue weighted by Crippen LogP contribution is -2.49. The summed E-state index contributed by atoms with van der Waals surface area (Å²) in [6, 6.07) is 6.34. The van der Waals surface area contributed by atoms with Crippen molar-refractivity contribution in [2.24, 2.45) is 0 Å². The third-order valence-corrected chi connectivity index (χ3v) is 7.29. The van der Waals surface area contributed by atoms with E-state index in [-0.39, 0.29) is 17.4 Å². The average Bonchev–Trinajstić information content (AvgIpc) is 2.98. The minimum Gasteiger partial charge on any atom is -0.395 e. The molecular formula is C19H29N3O4S. The van der Waals surface area contributed by atoms with Gasteiger partial charge in [0.2, 0.25) is 10.0 Å². The molecule has 0 bridgehead atoms.